The third-order valence-corrected chi connectivity index (χ3v) is 4.12. The summed E-state index contributed by atoms with van der Waals surface area (Å²) in [6, 6.07) is 3.53. The van der Waals surface area contributed by atoms with Crippen molar-refractivity contribution in [1.82, 2.24) is 5.16 Å². The zero-order valence-corrected chi connectivity index (χ0v) is 14.3. The van der Waals surface area contributed by atoms with E-state index in [2.05, 4.69) is 5.16 Å². The van der Waals surface area contributed by atoms with Gasteiger partial charge >= 0.3 is 5.97 Å². The summed E-state index contributed by atoms with van der Waals surface area (Å²) < 4.78 is 21.2. The predicted molar refractivity (Wildman–Crippen MR) is 85.8 cm³/mol. The molecule has 0 aliphatic carbocycles. The number of carbonyl (C=O) groups is 1. The van der Waals surface area contributed by atoms with Crippen LogP contribution in [0.15, 0.2) is 16.7 Å². The molecule has 0 saturated carbocycles. The fourth-order valence-corrected chi connectivity index (χ4v) is 2.94. The van der Waals surface area contributed by atoms with Crippen LogP contribution in [0.2, 0.25) is 5.02 Å². The molecule has 0 spiro atoms. The van der Waals surface area contributed by atoms with Gasteiger partial charge in [0.15, 0.2) is 6.79 Å². The van der Waals surface area contributed by atoms with Crippen molar-refractivity contribution in [2.75, 3.05) is 6.79 Å². The van der Waals surface area contributed by atoms with E-state index in [9.17, 15) is 4.79 Å². The summed E-state index contributed by atoms with van der Waals surface area (Å²) >= 11 is 6.09. The van der Waals surface area contributed by atoms with Gasteiger partial charge in [0, 0.05) is 28.1 Å². The van der Waals surface area contributed by atoms with Crippen molar-refractivity contribution in [1.29, 1.82) is 0 Å². The van der Waals surface area contributed by atoms with Crippen molar-refractivity contribution in [2.45, 2.75) is 39.9 Å². The summed E-state index contributed by atoms with van der Waals surface area (Å²) in [5.41, 5.74) is 3.35. The normalized spacial score (nSPS) is 13.3. The van der Waals surface area contributed by atoms with Gasteiger partial charge in [-0.1, -0.05) is 16.8 Å². The number of nitrogens with zero attached hydrogens (tertiary/aromatic N) is 1. The predicted octanol–water partition coefficient (Wildman–Crippen LogP) is 3.49. The number of hydrogen-bond donors (Lipinski definition) is 0. The number of hydrogen-bond acceptors (Lipinski definition) is 6. The Kier molecular flexibility index (Phi) is 5.06. The van der Waals surface area contributed by atoms with Crippen molar-refractivity contribution >= 4 is 17.6 Å². The van der Waals surface area contributed by atoms with E-state index in [-0.39, 0.29) is 25.8 Å². The van der Waals surface area contributed by atoms with Crippen LogP contribution in [0.3, 0.4) is 0 Å². The molecule has 0 N–H and O–H groups in total. The quantitative estimate of drug-likeness (QED) is 0.768. The average molecular weight is 352 g/mol. The molecule has 0 atom stereocenters. The number of benzene rings is 1. The molecule has 6 nitrogen and oxygen atoms in total. The first-order chi connectivity index (χ1) is 11.5. The summed E-state index contributed by atoms with van der Waals surface area (Å²) in [5.74, 6) is 1.12. The van der Waals surface area contributed by atoms with Gasteiger partial charge in [-0.05, 0) is 32.4 Å². The maximum absolute atomic E-state index is 12.0. The smallest absolute Gasteiger partial charge is 0.306 e. The molecular weight excluding hydrogens is 334 g/mol. The van der Waals surface area contributed by atoms with Gasteiger partial charge in [-0.3, -0.25) is 4.79 Å². The Bertz CT molecular complexity index is 736. The Balaban J connectivity index is 1.60. The van der Waals surface area contributed by atoms with Gasteiger partial charge in [0.2, 0.25) is 0 Å². The molecule has 128 valence electrons. The highest BCUT2D eigenvalue weighted by atomic mass is 35.5. The summed E-state index contributed by atoms with van der Waals surface area (Å²) in [7, 11) is 0. The maximum Gasteiger partial charge on any atom is 0.306 e. The van der Waals surface area contributed by atoms with Crippen molar-refractivity contribution in [3.8, 4) is 5.75 Å². The molecule has 0 amide bonds. The molecule has 0 unspecified atom stereocenters. The van der Waals surface area contributed by atoms with Crippen LogP contribution in [0.1, 0.15) is 34.6 Å². The highest BCUT2D eigenvalue weighted by Gasteiger charge is 2.18. The molecule has 7 heteroatoms. The summed E-state index contributed by atoms with van der Waals surface area (Å²) in [5, 5.41) is 4.44. The summed E-state index contributed by atoms with van der Waals surface area (Å²) in [6.45, 7) is 4.42. The molecule has 24 heavy (non-hydrogen) atoms. The Hall–Kier alpha value is -2.05. The second-order valence-corrected chi connectivity index (χ2v) is 6.06. The van der Waals surface area contributed by atoms with Crippen molar-refractivity contribution in [2.24, 2.45) is 0 Å². The molecule has 0 fully saturated rings. The number of aromatic nitrogens is 1. The van der Waals surface area contributed by atoms with Crippen LogP contribution in [0.25, 0.3) is 0 Å². The first kappa shape index (κ1) is 16.8. The zero-order chi connectivity index (χ0) is 17.1. The third-order valence-electron chi connectivity index (χ3n) is 3.90. The SMILES string of the molecule is Cc1noc(C)c1CCC(=O)OCc1cc(Cl)cc2c1OCOC2. The van der Waals surface area contributed by atoms with Crippen molar-refractivity contribution in [3.63, 3.8) is 0 Å². The minimum atomic E-state index is -0.296. The molecular formula is C17H18ClNO5. The molecule has 1 aromatic carbocycles. The van der Waals surface area contributed by atoms with E-state index < -0.39 is 0 Å². The van der Waals surface area contributed by atoms with Crippen LogP contribution in [0, 0.1) is 13.8 Å². The largest absolute Gasteiger partial charge is 0.467 e. The lowest BCUT2D eigenvalue weighted by atomic mass is 10.1. The lowest BCUT2D eigenvalue weighted by molar-refractivity contribution is -0.145. The number of aryl methyl sites for hydroxylation is 2. The zero-order valence-electron chi connectivity index (χ0n) is 13.6. The second kappa shape index (κ2) is 7.23. The summed E-state index contributed by atoms with van der Waals surface area (Å²) in [6.07, 6.45) is 0.799. The lowest BCUT2D eigenvalue weighted by Gasteiger charge is -2.21. The highest BCUT2D eigenvalue weighted by molar-refractivity contribution is 6.30. The van der Waals surface area contributed by atoms with Crippen LogP contribution < -0.4 is 4.74 Å². The van der Waals surface area contributed by atoms with E-state index in [0.29, 0.717) is 23.8 Å². The minimum Gasteiger partial charge on any atom is -0.467 e. The van der Waals surface area contributed by atoms with Crippen molar-refractivity contribution < 1.29 is 23.5 Å². The van der Waals surface area contributed by atoms with Gasteiger partial charge in [-0.25, -0.2) is 0 Å². The Morgan fingerprint density at radius 1 is 1.38 bits per heavy atom. The first-order valence-corrected chi connectivity index (χ1v) is 8.01. The number of halogens is 1. The number of esters is 1. The van der Waals surface area contributed by atoms with Crippen LogP contribution in [-0.4, -0.2) is 17.9 Å². The van der Waals surface area contributed by atoms with E-state index in [1.54, 1.807) is 12.1 Å². The molecule has 0 bridgehead atoms. The molecule has 1 aliphatic rings. The van der Waals surface area contributed by atoms with Gasteiger partial charge in [0.1, 0.15) is 18.1 Å². The van der Waals surface area contributed by atoms with E-state index in [1.807, 2.05) is 13.8 Å². The number of fused-ring (bicyclic) bond motifs is 1. The van der Waals surface area contributed by atoms with Crippen LogP contribution >= 0.6 is 11.6 Å². The Morgan fingerprint density at radius 2 is 2.21 bits per heavy atom. The van der Waals surface area contributed by atoms with Gasteiger partial charge in [0.05, 0.1) is 12.3 Å². The third kappa shape index (κ3) is 3.71. The second-order valence-electron chi connectivity index (χ2n) is 5.63. The number of rotatable bonds is 5. The van der Waals surface area contributed by atoms with E-state index >= 15 is 0 Å². The molecule has 1 aromatic heterocycles. The molecule has 3 rings (SSSR count). The summed E-state index contributed by atoms with van der Waals surface area (Å²) in [4.78, 5) is 12.0. The number of carbonyl (C=O) groups excluding carboxylic acids is 1. The molecule has 0 saturated heterocycles. The molecule has 2 heterocycles. The van der Waals surface area contributed by atoms with Crippen LogP contribution in [-0.2, 0) is 33.9 Å². The van der Waals surface area contributed by atoms with Crippen LogP contribution in [0.5, 0.6) is 5.75 Å². The number of ether oxygens (including phenoxy) is 3. The fourth-order valence-electron chi connectivity index (χ4n) is 2.68. The van der Waals surface area contributed by atoms with Gasteiger partial charge < -0.3 is 18.7 Å². The highest BCUT2D eigenvalue weighted by Crippen LogP contribution is 2.32. The van der Waals surface area contributed by atoms with E-state index in [0.717, 1.165) is 28.1 Å². The average Bonchev–Trinajstić information content (AvgIpc) is 2.89. The first-order valence-electron chi connectivity index (χ1n) is 7.64. The molecule has 2 aromatic rings. The topological polar surface area (TPSA) is 70.8 Å². The lowest BCUT2D eigenvalue weighted by Crippen LogP contribution is -2.14. The van der Waals surface area contributed by atoms with Crippen molar-refractivity contribution in [3.05, 3.63) is 45.3 Å². The van der Waals surface area contributed by atoms with Crippen LogP contribution in [0.4, 0.5) is 0 Å². The fraction of sp³-hybridized carbons (Fsp3) is 0.412. The molecule has 1 aliphatic heterocycles. The minimum absolute atomic E-state index is 0.114. The van der Waals surface area contributed by atoms with Gasteiger partial charge in [0.25, 0.3) is 0 Å². The monoisotopic (exact) mass is 351 g/mol. The standard InChI is InChI=1S/C17H18ClNO5/c1-10-15(11(2)24-19-10)3-4-16(20)22-8-13-6-14(18)5-12-7-21-9-23-17(12)13/h5-6H,3-4,7-9H2,1-2H3. The Morgan fingerprint density at radius 3 is 2.96 bits per heavy atom. The van der Waals surface area contributed by atoms with Gasteiger partial charge in [-0.15, -0.1) is 0 Å². The van der Waals surface area contributed by atoms with Gasteiger partial charge in [-0.2, -0.15) is 0 Å². The maximum atomic E-state index is 12.0. The van der Waals surface area contributed by atoms with E-state index in [4.69, 9.17) is 30.3 Å². The van der Waals surface area contributed by atoms with E-state index in [1.165, 1.54) is 0 Å². The Labute approximate surface area is 144 Å². The molecule has 0 radical (unpaired) electrons.